The first-order valence-corrected chi connectivity index (χ1v) is 18.1. The van der Waals surface area contributed by atoms with Crippen molar-refractivity contribution in [2.24, 2.45) is 0 Å². The fraction of sp³-hybridized carbons (Fsp3) is 0. The lowest BCUT2D eigenvalue weighted by Crippen LogP contribution is -2.00. The quantitative estimate of drug-likeness (QED) is 0.129. The smallest absolute Gasteiger partial charge is 0.164 e. The normalized spacial score (nSPS) is 11.3. The van der Waals surface area contributed by atoms with E-state index in [0.29, 0.717) is 17.5 Å². The first kappa shape index (κ1) is 31.4. The zero-order valence-corrected chi connectivity index (χ0v) is 29.3. The Morgan fingerprint density at radius 1 is 0.241 bits per heavy atom. The van der Waals surface area contributed by atoms with E-state index in [1.165, 1.54) is 27.3 Å². The zero-order valence-electron chi connectivity index (χ0n) is 29.3. The number of aromatic nitrogens is 4. The molecule has 10 aromatic rings. The van der Waals surface area contributed by atoms with E-state index in [2.05, 4.69) is 182 Å². The molecule has 0 aliphatic rings. The third kappa shape index (κ3) is 5.86. The van der Waals surface area contributed by atoms with Crippen molar-refractivity contribution in [2.75, 3.05) is 0 Å². The Bertz CT molecular complexity index is 2860. The summed E-state index contributed by atoms with van der Waals surface area (Å²) in [6.45, 7) is 0. The minimum absolute atomic E-state index is 0.603. The lowest BCUT2D eigenvalue weighted by atomic mass is 9.96. The second-order valence-corrected chi connectivity index (χ2v) is 13.5. The van der Waals surface area contributed by atoms with E-state index in [-0.39, 0.29) is 0 Å². The Morgan fingerprint density at radius 2 is 0.667 bits per heavy atom. The van der Waals surface area contributed by atoms with Gasteiger partial charge in [-0.3, -0.25) is 0 Å². The fourth-order valence-electron chi connectivity index (χ4n) is 7.31. The summed E-state index contributed by atoms with van der Waals surface area (Å²) in [5.41, 5.74) is 10.2. The van der Waals surface area contributed by atoms with Gasteiger partial charge in [0.2, 0.25) is 0 Å². The van der Waals surface area contributed by atoms with Gasteiger partial charge in [-0.05, 0) is 62.7 Å². The molecule has 54 heavy (non-hydrogen) atoms. The van der Waals surface area contributed by atoms with E-state index < -0.39 is 0 Å². The van der Waals surface area contributed by atoms with Gasteiger partial charge in [0.15, 0.2) is 17.5 Å². The highest BCUT2D eigenvalue weighted by Crippen LogP contribution is 2.37. The summed E-state index contributed by atoms with van der Waals surface area (Å²) in [5.74, 6) is 1.84. The Hall–Kier alpha value is -7.30. The number of hydrogen-bond acceptors (Lipinski definition) is 4. The van der Waals surface area contributed by atoms with Crippen molar-refractivity contribution in [1.82, 2.24) is 19.9 Å². The zero-order chi connectivity index (χ0) is 35.8. The summed E-state index contributed by atoms with van der Waals surface area (Å²) in [7, 11) is 0. The Labute approximate surface area is 313 Å². The minimum atomic E-state index is 0.603. The molecule has 0 saturated carbocycles. The molecule has 0 atom stereocenters. The van der Waals surface area contributed by atoms with Crippen LogP contribution in [0.15, 0.2) is 194 Å². The highest BCUT2D eigenvalue weighted by atomic mass is 15.0. The molecule has 0 radical (unpaired) electrons. The van der Waals surface area contributed by atoms with E-state index in [1.54, 1.807) is 0 Å². The summed E-state index contributed by atoms with van der Waals surface area (Å²) in [6.07, 6.45) is 0. The number of rotatable bonds is 6. The van der Waals surface area contributed by atoms with Crippen molar-refractivity contribution in [3.8, 4) is 67.7 Å². The predicted octanol–water partition coefficient (Wildman–Crippen LogP) is 12.7. The maximum atomic E-state index is 5.26. The standard InChI is InChI=1S/C50H32N4/c1-3-12-33(13-4-1)35-22-26-37(27-23-35)48-52-49(38-28-24-36(25-29-38)34-14-5-2-6-15-34)54-50(53-48)42-19-11-18-41(30-42)47-45-32-40-17-8-7-16-39(40)31-44(45)43-20-9-10-21-46(43)51-47/h1-32H. The molecule has 0 bridgehead atoms. The van der Waals surface area contributed by atoms with Gasteiger partial charge < -0.3 is 0 Å². The van der Waals surface area contributed by atoms with Gasteiger partial charge in [0, 0.05) is 33.0 Å². The van der Waals surface area contributed by atoms with Crippen LogP contribution in [0.4, 0.5) is 0 Å². The van der Waals surface area contributed by atoms with Crippen LogP contribution in [0.2, 0.25) is 0 Å². The molecule has 0 N–H and O–H groups in total. The first-order valence-electron chi connectivity index (χ1n) is 18.1. The molecule has 10 rings (SSSR count). The molecule has 4 heteroatoms. The van der Waals surface area contributed by atoms with Crippen molar-refractivity contribution in [2.45, 2.75) is 0 Å². The van der Waals surface area contributed by atoms with Crippen LogP contribution in [-0.2, 0) is 0 Å². The first-order chi connectivity index (χ1) is 26.7. The summed E-state index contributed by atoms with van der Waals surface area (Å²) in [5, 5.41) is 5.82. The third-order valence-electron chi connectivity index (χ3n) is 10.1. The molecule has 2 aromatic heterocycles. The molecular formula is C50H32N4. The van der Waals surface area contributed by atoms with Crippen LogP contribution >= 0.6 is 0 Å². The van der Waals surface area contributed by atoms with Crippen LogP contribution < -0.4 is 0 Å². The van der Waals surface area contributed by atoms with Crippen molar-refractivity contribution < 1.29 is 0 Å². The largest absolute Gasteiger partial charge is 0.247 e. The average molecular weight is 689 g/mol. The second-order valence-electron chi connectivity index (χ2n) is 13.5. The van der Waals surface area contributed by atoms with E-state index in [4.69, 9.17) is 19.9 Å². The number of fused-ring (bicyclic) bond motifs is 4. The Morgan fingerprint density at radius 3 is 1.26 bits per heavy atom. The van der Waals surface area contributed by atoms with Gasteiger partial charge in [-0.15, -0.1) is 0 Å². The molecular weight excluding hydrogens is 657 g/mol. The van der Waals surface area contributed by atoms with E-state index in [0.717, 1.165) is 55.4 Å². The highest BCUT2D eigenvalue weighted by Gasteiger charge is 2.16. The minimum Gasteiger partial charge on any atom is -0.247 e. The van der Waals surface area contributed by atoms with E-state index in [9.17, 15) is 0 Å². The fourth-order valence-corrected chi connectivity index (χ4v) is 7.31. The molecule has 252 valence electrons. The Kier molecular flexibility index (Phi) is 7.77. The topological polar surface area (TPSA) is 51.6 Å². The number of benzene rings is 8. The van der Waals surface area contributed by atoms with Gasteiger partial charge in [0.05, 0.1) is 11.2 Å². The van der Waals surface area contributed by atoms with Crippen molar-refractivity contribution >= 4 is 32.4 Å². The van der Waals surface area contributed by atoms with Gasteiger partial charge in [-0.25, -0.2) is 19.9 Å². The molecule has 4 nitrogen and oxygen atoms in total. The van der Waals surface area contributed by atoms with Gasteiger partial charge in [0.25, 0.3) is 0 Å². The van der Waals surface area contributed by atoms with Crippen LogP contribution in [0.25, 0.3) is 100 Å². The summed E-state index contributed by atoms with van der Waals surface area (Å²) in [4.78, 5) is 20.5. The lowest BCUT2D eigenvalue weighted by Gasteiger charge is -2.13. The molecule has 0 fully saturated rings. The van der Waals surface area contributed by atoms with E-state index in [1.807, 2.05) is 12.1 Å². The SMILES string of the molecule is c1ccc(-c2ccc(-c3nc(-c4ccc(-c5ccccc5)cc4)nc(-c4cccc(-c5nc6ccccc6c6cc7ccccc7cc56)c4)n3)cc2)cc1. The van der Waals surface area contributed by atoms with Gasteiger partial charge >= 0.3 is 0 Å². The highest BCUT2D eigenvalue weighted by molar-refractivity contribution is 6.15. The van der Waals surface area contributed by atoms with Gasteiger partial charge in [-0.1, -0.05) is 170 Å². The van der Waals surface area contributed by atoms with Crippen LogP contribution in [0.5, 0.6) is 0 Å². The van der Waals surface area contributed by atoms with Crippen molar-refractivity contribution in [3.63, 3.8) is 0 Å². The van der Waals surface area contributed by atoms with Gasteiger partial charge in [-0.2, -0.15) is 0 Å². The van der Waals surface area contributed by atoms with Crippen molar-refractivity contribution in [3.05, 3.63) is 194 Å². The summed E-state index contributed by atoms with van der Waals surface area (Å²) < 4.78 is 0. The average Bonchev–Trinajstić information content (AvgIpc) is 3.26. The van der Waals surface area contributed by atoms with Gasteiger partial charge in [0.1, 0.15) is 0 Å². The van der Waals surface area contributed by atoms with Crippen LogP contribution in [0, 0.1) is 0 Å². The number of para-hydroxylation sites is 1. The molecule has 0 amide bonds. The van der Waals surface area contributed by atoms with Crippen LogP contribution in [-0.4, -0.2) is 19.9 Å². The van der Waals surface area contributed by atoms with Crippen LogP contribution in [0.3, 0.4) is 0 Å². The van der Waals surface area contributed by atoms with E-state index >= 15 is 0 Å². The molecule has 0 aliphatic heterocycles. The monoisotopic (exact) mass is 688 g/mol. The summed E-state index contributed by atoms with van der Waals surface area (Å²) in [6, 6.07) is 67.6. The predicted molar refractivity (Wildman–Crippen MR) is 223 cm³/mol. The summed E-state index contributed by atoms with van der Waals surface area (Å²) >= 11 is 0. The van der Waals surface area contributed by atoms with Crippen LogP contribution in [0.1, 0.15) is 0 Å². The molecule has 0 saturated heterocycles. The third-order valence-corrected chi connectivity index (χ3v) is 10.1. The van der Waals surface area contributed by atoms with Crippen molar-refractivity contribution in [1.29, 1.82) is 0 Å². The number of pyridine rings is 1. The maximum absolute atomic E-state index is 5.26. The molecule has 0 aliphatic carbocycles. The number of nitrogens with zero attached hydrogens (tertiary/aromatic N) is 4. The molecule has 0 unspecified atom stereocenters. The molecule has 8 aromatic carbocycles. The Balaban J connectivity index is 1.12. The maximum Gasteiger partial charge on any atom is 0.164 e. The molecule has 0 spiro atoms. The number of hydrogen-bond donors (Lipinski definition) is 0. The second kappa shape index (κ2) is 13.4. The molecule has 2 heterocycles. The lowest BCUT2D eigenvalue weighted by molar-refractivity contribution is 1.07.